The van der Waals surface area contributed by atoms with Gasteiger partial charge in [0.1, 0.15) is 5.75 Å². The maximum Gasteiger partial charge on any atom is 0.305 e. The summed E-state index contributed by atoms with van der Waals surface area (Å²) in [4.78, 5) is 23.6. The molecule has 0 bridgehead atoms. The summed E-state index contributed by atoms with van der Waals surface area (Å²) in [7, 11) is 0. The van der Waals surface area contributed by atoms with Crippen molar-refractivity contribution in [3.8, 4) is 16.9 Å². The van der Waals surface area contributed by atoms with Gasteiger partial charge in [-0.15, -0.1) is 0 Å². The first-order chi connectivity index (χ1) is 18.0. The third kappa shape index (κ3) is 6.20. The Balaban J connectivity index is 1.68. The summed E-state index contributed by atoms with van der Waals surface area (Å²) in [5.41, 5.74) is 13.4. The smallest absolute Gasteiger partial charge is 0.305 e. The van der Waals surface area contributed by atoms with Crippen LogP contribution in [0.4, 0.5) is 0 Å². The Labute approximate surface area is 218 Å². The van der Waals surface area contributed by atoms with Crippen molar-refractivity contribution < 1.29 is 19.1 Å². The number of fused-ring (bicyclic) bond motifs is 1. The largest absolute Gasteiger partial charge is 0.493 e. The van der Waals surface area contributed by atoms with Gasteiger partial charge in [-0.2, -0.15) is 0 Å². The zero-order chi connectivity index (χ0) is 26.2. The second-order valence-corrected chi connectivity index (χ2v) is 8.98. The van der Waals surface area contributed by atoms with E-state index in [1.54, 1.807) is 6.92 Å². The van der Waals surface area contributed by atoms with Gasteiger partial charge in [0, 0.05) is 30.8 Å². The summed E-state index contributed by atoms with van der Waals surface area (Å²) in [6.07, 6.45) is 4.55. The summed E-state index contributed by atoms with van der Waals surface area (Å²) >= 11 is 0. The van der Waals surface area contributed by atoms with Gasteiger partial charge in [0.25, 0.3) is 0 Å². The van der Waals surface area contributed by atoms with Crippen molar-refractivity contribution >= 4 is 17.4 Å². The van der Waals surface area contributed by atoms with E-state index in [4.69, 9.17) is 15.2 Å². The third-order valence-electron chi connectivity index (χ3n) is 6.50. The molecule has 1 amide bonds. The molecule has 0 spiro atoms. The average molecular weight is 499 g/mol. The molecule has 0 unspecified atom stereocenters. The van der Waals surface area contributed by atoms with E-state index in [1.807, 2.05) is 24.4 Å². The first-order valence-corrected chi connectivity index (χ1v) is 12.9. The predicted octanol–water partition coefficient (Wildman–Crippen LogP) is 5.51. The molecule has 0 fully saturated rings. The maximum absolute atomic E-state index is 12.0. The van der Waals surface area contributed by atoms with Crippen molar-refractivity contribution in [2.24, 2.45) is 5.73 Å². The molecule has 4 rings (SSSR count). The number of nitrogens with zero attached hydrogens (tertiary/aromatic N) is 1. The average Bonchev–Trinajstić information content (AvgIpc) is 3.18. The number of ether oxygens (including phenoxy) is 2. The lowest BCUT2D eigenvalue weighted by atomic mass is 9.94. The van der Waals surface area contributed by atoms with Crippen LogP contribution in [0.2, 0.25) is 0 Å². The third-order valence-corrected chi connectivity index (χ3v) is 6.50. The lowest BCUT2D eigenvalue weighted by Crippen LogP contribution is -2.14. The molecule has 37 heavy (non-hydrogen) atoms. The highest BCUT2D eigenvalue weighted by Crippen LogP contribution is 2.32. The Morgan fingerprint density at radius 2 is 1.70 bits per heavy atom. The summed E-state index contributed by atoms with van der Waals surface area (Å²) in [6.45, 7) is 4.69. The molecule has 0 saturated heterocycles. The highest BCUT2D eigenvalue weighted by Gasteiger charge is 2.20. The molecule has 192 valence electrons. The van der Waals surface area contributed by atoms with Crippen LogP contribution in [0, 0.1) is 0 Å². The van der Waals surface area contributed by atoms with E-state index in [9.17, 15) is 9.59 Å². The molecule has 2 heterocycles. The monoisotopic (exact) mass is 498 g/mol. The van der Waals surface area contributed by atoms with Crippen LogP contribution in [-0.2, 0) is 33.6 Å². The van der Waals surface area contributed by atoms with Crippen LogP contribution in [0.5, 0.6) is 5.75 Å². The molecule has 0 aliphatic heterocycles. The van der Waals surface area contributed by atoms with E-state index in [0.29, 0.717) is 38.2 Å². The minimum absolute atomic E-state index is 0.166. The minimum Gasteiger partial charge on any atom is -0.493 e. The van der Waals surface area contributed by atoms with Gasteiger partial charge >= 0.3 is 5.97 Å². The van der Waals surface area contributed by atoms with Gasteiger partial charge in [-0.3, -0.25) is 9.59 Å². The molecule has 6 heteroatoms. The first kappa shape index (κ1) is 26.0. The molecule has 4 aromatic rings. The number of primary amides is 1. The predicted molar refractivity (Wildman–Crippen MR) is 146 cm³/mol. The summed E-state index contributed by atoms with van der Waals surface area (Å²) in [6, 6.07) is 22.7. The number of benzene rings is 2. The van der Waals surface area contributed by atoms with Crippen molar-refractivity contribution in [3.63, 3.8) is 0 Å². The molecule has 2 aromatic carbocycles. The van der Waals surface area contributed by atoms with Gasteiger partial charge in [0.15, 0.2) is 0 Å². The van der Waals surface area contributed by atoms with Crippen molar-refractivity contribution in [3.05, 3.63) is 95.3 Å². The number of hydrogen-bond acceptors (Lipinski definition) is 4. The van der Waals surface area contributed by atoms with Gasteiger partial charge in [-0.05, 0) is 53.6 Å². The zero-order valence-electron chi connectivity index (χ0n) is 21.5. The van der Waals surface area contributed by atoms with Gasteiger partial charge in [0.05, 0.1) is 25.2 Å². The van der Waals surface area contributed by atoms with E-state index in [2.05, 4.69) is 59.9 Å². The molecule has 2 aromatic heterocycles. The Bertz CT molecular complexity index is 1370. The molecule has 2 N–H and O–H groups in total. The lowest BCUT2D eigenvalue weighted by molar-refractivity contribution is -0.143. The van der Waals surface area contributed by atoms with E-state index in [0.717, 1.165) is 28.8 Å². The summed E-state index contributed by atoms with van der Waals surface area (Å²) in [5.74, 6) is 0.113. The van der Waals surface area contributed by atoms with Crippen LogP contribution < -0.4 is 10.5 Å². The second-order valence-electron chi connectivity index (χ2n) is 8.98. The van der Waals surface area contributed by atoms with Gasteiger partial charge in [0.2, 0.25) is 5.91 Å². The van der Waals surface area contributed by atoms with Crippen LogP contribution in [0.3, 0.4) is 0 Å². The number of amides is 1. The highest BCUT2D eigenvalue weighted by molar-refractivity contribution is 5.81. The summed E-state index contributed by atoms with van der Waals surface area (Å²) in [5, 5.41) is 0. The number of aromatic nitrogens is 1. The van der Waals surface area contributed by atoms with Crippen molar-refractivity contribution in [2.75, 3.05) is 13.2 Å². The standard InChI is InChI=1S/C31H34N2O4/c1-3-25-27(21-30(32)34)29-20-24(37-18-10-15-31(35)36-4-2)16-17-33(29)28(25)19-23-13-8-9-14-26(23)22-11-6-5-7-12-22/h5-9,11-14,16-17,20H,3-4,10,15,18-19,21H2,1-2H3,(H2,32,34). The number of carbonyl (C=O) groups is 2. The fourth-order valence-corrected chi connectivity index (χ4v) is 4.89. The fourth-order valence-electron chi connectivity index (χ4n) is 4.89. The van der Waals surface area contributed by atoms with Crippen LogP contribution >= 0.6 is 0 Å². The molecule has 6 nitrogen and oxygen atoms in total. The quantitative estimate of drug-likeness (QED) is 0.206. The molecule has 0 radical (unpaired) electrons. The van der Waals surface area contributed by atoms with Crippen molar-refractivity contribution in [2.45, 2.75) is 46.0 Å². The van der Waals surface area contributed by atoms with Gasteiger partial charge in [-0.25, -0.2) is 0 Å². The zero-order valence-corrected chi connectivity index (χ0v) is 21.5. The normalized spacial score (nSPS) is 11.0. The van der Waals surface area contributed by atoms with Crippen LogP contribution in [0.1, 0.15) is 49.1 Å². The lowest BCUT2D eigenvalue weighted by Gasteiger charge is -2.12. The molecule has 0 saturated carbocycles. The second kappa shape index (κ2) is 12.3. The molecular formula is C31H34N2O4. The van der Waals surface area contributed by atoms with Crippen molar-refractivity contribution in [1.29, 1.82) is 0 Å². The first-order valence-electron chi connectivity index (χ1n) is 12.9. The molecule has 0 aliphatic rings. The topological polar surface area (TPSA) is 83.0 Å². The van der Waals surface area contributed by atoms with Gasteiger partial charge in [-0.1, -0.05) is 61.5 Å². The Morgan fingerprint density at radius 1 is 0.946 bits per heavy atom. The Morgan fingerprint density at radius 3 is 2.43 bits per heavy atom. The van der Waals surface area contributed by atoms with Crippen LogP contribution in [0.15, 0.2) is 72.9 Å². The van der Waals surface area contributed by atoms with E-state index in [-0.39, 0.29) is 18.3 Å². The van der Waals surface area contributed by atoms with Gasteiger partial charge < -0.3 is 19.6 Å². The Kier molecular flexibility index (Phi) is 8.62. The van der Waals surface area contributed by atoms with E-state index >= 15 is 0 Å². The molecule has 0 aliphatic carbocycles. The number of nitrogens with two attached hydrogens (primary N) is 1. The van der Waals surface area contributed by atoms with E-state index in [1.165, 1.54) is 16.7 Å². The SMILES string of the molecule is CCOC(=O)CCCOc1ccn2c(Cc3ccccc3-c3ccccc3)c(CC)c(CC(N)=O)c2c1. The number of carbonyl (C=O) groups excluding carboxylic acids is 2. The number of esters is 1. The Hall–Kier alpha value is -4.06. The maximum atomic E-state index is 12.0. The van der Waals surface area contributed by atoms with Crippen molar-refractivity contribution in [1.82, 2.24) is 4.40 Å². The summed E-state index contributed by atoms with van der Waals surface area (Å²) < 4.78 is 13.1. The van der Waals surface area contributed by atoms with Crippen LogP contribution in [-0.4, -0.2) is 29.5 Å². The van der Waals surface area contributed by atoms with Crippen LogP contribution in [0.25, 0.3) is 16.6 Å². The number of hydrogen-bond donors (Lipinski definition) is 1. The number of pyridine rings is 1. The molecule has 0 atom stereocenters. The van der Waals surface area contributed by atoms with E-state index < -0.39 is 0 Å². The molecular weight excluding hydrogens is 464 g/mol. The highest BCUT2D eigenvalue weighted by atomic mass is 16.5. The number of rotatable bonds is 12. The minimum atomic E-state index is -0.362. The fraction of sp³-hybridized carbons (Fsp3) is 0.290.